The molecule has 2 heterocycles. The van der Waals surface area contributed by atoms with Crippen LogP contribution in [0.5, 0.6) is 0 Å². The summed E-state index contributed by atoms with van der Waals surface area (Å²) in [7, 11) is 0. The second-order valence-electron chi connectivity index (χ2n) is 5.17. The van der Waals surface area contributed by atoms with Crippen molar-refractivity contribution in [3.63, 3.8) is 0 Å². The molecule has 2 unspecified atom stereocenters. The summed E-state index contributed by atoms with van der Waals surface area (Å²) < 4.78 is 5.37. The van der Waals surface area contributed by atoms with Gasteiger partial charge in [0, 0.05) is 10.8 Å². The molecule has 100 valence electrons. The Morgan fingerprint density at radius 2 is 2.26 bits per heavy atom. The third-order valence-electron chi connectivity index (χ3n) is 3.59. The van der Waals surface area contributed by atoms with Gasteiger partial charge in [-0.25, -0.2) is 0 Å². The van der Waals surface area contributed by atoms with Crippen molar-refractivity contribution in [1.29, 1.82) is 0 Å². The zero-order chi connectivity index (χ0) is 13.2. The number of thiophene rings is 1. The van der Waals surface area contributed by atoms with Crippen molar-refractivity contribution in [2.24, 2.45) is 11.8 Å². The maximum atomic E-state index is 12.5. The first-order chi connectivity index (χ1) is 9.24. The summed E-state index contributed by atoms with van der Waals surface area (Å²) in [4.78, 5) is 15.6. The molecule has 0 saturated heterocycles. The summed E-state index contributed by atoms with van der Waals surface area (Å²) in [5, 5.41) is 2.05. The molecule has 1 fully saturated rings. The maximum absolute atomic E-state index is 12.5. The lowest BCUT2D eigenvalue weighted by Gasteiger charge is -2.21. The molecule has 0 spiro atoms. The van der Waals surface area contributed by atoms with Crippen LogP contribution in [0.15, 0.2) is 40.3 Å². The zero-order valence-electron chi connectivity index (χ0n) is 10.9. The number of rotatable bonds is 5. The lowest BCUT2D eigenvalue weighted by molar-refractivity contribution is -0.134. The molecule has 19 heavy (non-hydrogen) atoms. The molecule has 1 aliphatic rings. The van der Waals surface area contributed by atoms with Crippen LogP contribution in [0, 0.1) is 11.8 Å². The van der Waals surface area contributed by atoms with Crippen LogP contribution in [0.3, 0.4) is 0 Å². The second kappa shape index (κ2) is 5.21. The van der Waals surface area contributed by atoms with Crippen LogP contribution in [0.2, 0.25) is 0 Å². The second-order valence-corrected chi connectivity index (χ2v) is 6.20. The van der Waals surface area contributed by atoms with Crippen molar-refractivity contribution in [2.45, 2.75) is 26.4 Å². The van der Waals surface area contributed by atoms with Gasteiger partial charge >= 0.3 is 0 Å². The largest absolute Gasteiger partial charge is 0.467 e. The minimum Gasteiger partial charge on any atom is -0.467 e. The van der Waals surface area contributed by atoms with E-state index in [1.54, 1.807) is 17.6 Å². The normalized spacial score (nSPS) is 21.3. The van der Waals surface area contributed by atoms with Crippen molar-refractivity contribution in [3.05, 3.63) is 46.5 Å². The van der Waals surface area contributed by atoms with E-state index >= 15 is 0 Å². The van der Waals surface area contributed by atoms with Gasteiger partial charge in [-0.1, -0.05) is 13.0 Å². The molecule has 0 radical (unpaired) electrons. The van der Waals surface area contributed by atoms with Gasteiger partial charge in [-0.05, 0) is 35.9 Å². The van der Waals surface area contributed by atoms with Crippen LogP contribution in [0.4, 0.5) is 0 Å². The Balaban J connectivity index is 1.72. The summed E-state index contributed by atoms with van der Waals surface area (Å²) in [5.41, 5.74) is 0. The van der Waals surface area contributed by atoms with Gasteiger partial charge in [0.25, 0.3) is 0 Å². The van der Waals surface area contributed by atoms with Crippen molar-refractivity contribution < 1.29 is 9.21 Å². The molecule has 0 aromatic carbocycles. The highest BCUT2D eigenvalue weighted by Gasteiger charge is 2.41. The molecule has 3 nitrogen and oxygen atoms in total. The Morgan fingerprint density at radius 1 is 1.42 bits per heavy atom. The molecule has 0 aliphatic heterocycles. The molecule has 0 bridgehead atoms. The molecule has 2 atom stereocenters. The van der Waals surface area contributed by atoms with E-state index in [1.807, 2.05) is 28.5 Å². The van der Waals surface area contributed by atoms with Crippen LogP contribution in [0.25, 0.3) is 0 Å². The highest BCUT2D eigenvalue weighted by atomic mass is 32.1. The summed E-state index contributed by atoms with van der Waals surface area (Å²) in [6.45, 7) is 3.38. The van der Waals surface area contributed by atoms with Crippen molar-refractivity contribution >= 4 is 17.2 Å². The predicted molar refractivity (Wildman–Crippen MR) is 74.6 cm³/mol. The van der Waals surface area contributed by atoms with Crippen LogP contribution in [0.1, 0.15) is 24.0 Å². The minimum atomic E-state index is 0.218. The zero-order valence-corrected chi connectivity index (χ0v) is 11.7. The van der Waals surface area contributed by atoms with E-state index in [1.165, 1.54) is 4.88 Å². The molecule has 0 N–H and O–H groups in total. The minimum absolute atomic E-state index is 0.218. The van der Waals surface area contributed by atoms with Gasteiger partial charge in [-0.2, -0.15) is 0 Å². The summed E-state index contributed by atoms with van der Waals surface area (Å²) in [6, 6.07) is 7.88. The topological polar surface area (TPSA) is 33.5 Å². The number of hydrogen-bond acceptors (Lipinski definition) is 3. The Hall–Kier alpha value is -1.55. The molecule has 1 aliphatic carbocycles. The molecule has 3 rings (SSSR count). The van der Waals surface area contributed by atoms with E-state index in [0.717, 1.165) is 12.2 Å². The van der Waals surface area contributed by atoms with Gasteiger partial charge < -0.3 is 9.32 Å². The fraction of sp³-hybridized carbons (Fsp3) is 0.400. The third kappa shape index (κ3) is 2.89. The van der Waals surface area contributed by atoms with Gasteiger partial charge in [0.15, 0.2) is 0 Å². The van der Waals surface area contributed by atoms with E-state index in [-0.39, 0.29) is 11.8 Å². The number of furan rings is 1. The summed E-state index contributed by atoms with van der Waals surface area (Å²) in [6.07, 6.45) is 2.68. The summed E-state index contributed by atoms with van der Waals surface area (Å²) >= 11 is 1.69. The average Bonchev–Trinajstić information content (AvgIpc) is 2.88. The first kappa shape index (κ1) is 12.5. The Labute approximate surface area is 116 Å². The molecule has 4 heteroatoms. The van der Waals surface area contributed by atoms with E-state index in [2.05, 4.69) is 13.0 Å². The van der Waals surface area contributed by atoms with E-state index in [4.69, 9.17) is 4.42 Å². The summed E-state index contributed by atoms with van der Waals surface area (Å²) in [5.74, 6) is 1.86. The van der Waals surface area contributed by atoms with Crippen LogP contribution in [-0.2, 0) is 17.9 Å². The SMILES string of the molecule is CC1CC1C(=O)N(Cc1ccco1)Cc1cccs1. The highest BCUT2D eigenvalue weighted by molar-refractivity contribution is 7.09. The van der Waals surface area contributed by atoms with E-state index in [0.29, 0.717) is 19.0 Å². The molecule has 2 aromatic heterocycles. The third-order valence-corrected chi connectivity index (χ3v) is 4.45. The average molecular weight is 275 g/mol. The van der Waals surface area contributed by atoms with Crippen molar-refractivity contribution in [2.75, 3.05) is 0 Å². The molecule has 2 aromatic rings. The number of amides is 1. The van der Waals surface area contributed by atoms with Gasteiger partial charge in [0.05, 0.1) is 19.4 Å². The molecule has 1 amide bonds. The van der Waals surface area contributed by atoms with Gasteiger partial charge in [-0.3, -0.25) is 4.79 Å². The van der Waals surface area contributed by atoms with Crippen LogP contribution >= 0.6 is 11.3 Å². The Bertz CT molecular complexity index is 496. The fourth-order valence-electron chi connectivity index (χ4n) is 2.29. The van der Waals surface area contributed by atoms with Gasteiger partial charge in [0.2, 0.25) is 5.91 Å². The molecule has 1 saturated carbocycles. The van der Waals surface area contributed by atoms with E-state index in [9.17, 15) is 4.79 Å². The Morgan fingerprint density at radius 3 is 2.84 bits per heavy atom. The number of hydrogen-bond donors (Lipinski definition) is 0. The van der Waals surface area contributed by atoms with E-state index < -0.39 is 0 Å². The van der Waals surface area contributed by atoms with Crippen LogP contribution in [-0.4, -0.2) is 10.8 Å². The number of carbonyl (C=O) groups excluding carboxylic acids is 1. The smallest absolute Gasteiger partial charge is 0.226 e. The predicted octanol–water partition coefficient (Wildman–Crippen LogP) is 3.53. The first-order valence-corrected chi connectivity index (χ1v) is 7.45. The first-order valence-electron chi connectivity index (χ1n) is 6.57. The van der Waals surface area contributed by atoms with Gasteiger partial charge in [-0.15, -0.1) is 11.3 Å². The lowest BCUT2D eigenvalue weighted by atomic mass is 10.2. The van der Waals surface area contributed by atoms with Crippen molar-refractivity contribution in [3.8, 4) is 0 Å². The molecular weight excluding hydrogens is 258 g/mol. The highest BCUT2D eigenvalue weighted by Crippen LogP contribution is 2.39. The lowest BCUT2D eigenvalue weighted by Crippen LogP contribution is -2.31. The standard InChI is InChI=1S/C15H17NO2S/c1-11-8-14(11)15(17)16(9-12-4-2-6-18-12)10-13-5-3-7-19-13/h2-7,11,14H,8-10H2,1H3. The monoisotopic (exact) mass is 275 g/mol. The number of nitrogens with zero attached hydrogens (tertiary/aromatic N) is 1. The maximum Gasteiger partial charge on any atom is 0.226 e. The quantitative estimate of drug-likeness (QED) is 0.836. The molecular formula is C15H17NO2S. The van der Waals surface area contributed by atoms with Crippen LogP contribution < -0.4 is 0 Å². The van der Waals surface area contributed by atoms with Crippen molar-refractivity contribution in [1.82, 2.24) is 4.90 Å². The fourth-order valence-corrected chi connectivity index (χ4v) is 3.01. The number of carbonyl (C=O) groups is 1. The van der Waals surface area contributed by atoms with Gasteiger partial charge in [0.1, 0.15) is 5.76 Å². The Kier molecular flexibility index (Phi) is 3.42.